The van der Waals surface area contributed by atoms with Crippen molar-refractivity contribution in [3.8, 4) is 0 Å². The number of hydrogen-bond acceptors (Lipinski definition) is 5. The zero-order valence-corrected chi connectivity index (χ0v) is 15.7. The highest BCUT2D eigenvalue weighted by molar-refractivity contribution is 8.01. The van der Waals surface area contributed by atoms with Gasteiger partial charge in [-0.3, -0.25) is 9.59 Å². The van der Waals surface area contributed by atoms with Gasteiger partial charge in [0.15, 0.2) is 0 Å². The summed E-state index contributed by atoms with van der Waals surface area (Å²) in [4.78, 5) is 25.0. The van der Waals surface area contributed by atoms with Crippen LogP contribution in [0.3, 0.4) is 0 Å². The van der Waals surface area contributed by atoms with E-state index >= 15 is 0 Å². The van der Waals surface area contributed by atoms with E-state index < -0.39 is 9.84 Å². The molecule has 0 aromatic heterocycles. The standard InChI is InChI=1S/C17H22N2O4S2/c1-11-16(20)19-14-10-13(2-3-15(14)24-11)17(21)18-7-4-12-5-8-25(22,23)9-6-12/h2-3,10-12H,4-9H2,1H3,(H,18,21)(H,19,20)/t11-/m0/s1. The van der Waals surface area contributed by atoms with Crippen LogP contribution in [0.5, 0.6) is 0 Å². The molecule has 0 spiro atoms. The first-order valence-electron chi connectivity index (χ1n) is 8.44. The zero-order chi connectivity index (χ0) is 18.0. The first-order chi connectivity index (χ1) is 11.8. The van der Waals surface area contributed by atoms with E-state index in [2.05, 4.69) is 10.6 Å². The third kappa shape index (κ3) is 4.55. The normalized spacial score (nSPS) is 22.8. The van der Waals surface area contributed by atoms with Crippen LogP contribution in [0.2, 0.25) is 0 Å². The van der Waals surface area contributed by atoms with E-state index in [1.165, 1.54) is 11.8 Å². The fourth-order valence-corrected chi connectivity index (χ4v) is 5.59. The molecular weight excluding hydrogens is 360 g/mol. The van der Waals surface area contributed by atoms with Crippen LogP contribution in [0.25, 0.3) is 0 Å². The summed E-state index contributed by atoms with van der Waals surface area (Å²) in [5.41, 5.74) is 1.19. The molecule has 1 fully saturated rings. The Morgan fingerprint density at radius 1 is 1.32 bits per heavy atom. The van der Waals surface area contributed by atoms with Gasteiger partial charge in [0.25, 0.3) is 5.91 Å². The maximum absolute atomic E-state index is 12.3. The third-order valence-electron chi connectivity index (χ3n) is 4.68. The number of thioether (sulfide) groups is 1. The Morgan fingerprint density at radius 3 is 2.76 bits per heavy atom. The molecule has 2 amide bonds. The number of nitrogens with one attached hydrogen (secondary N) is 2. The van der Waals surface area contributed by atoms with Gasteiger partial charge in [-0.25, -0.2) is 8.42 Å². The summed E-state index contributed by atoms with van der Waals surface area (Å²) in [6.07, 6.45) is 2.15. The summed E-state index contributed by atoms with van der Waals surface area (Å²) in [6, 6.07) is 5.32. The molecule has 0 aliphatic carbocycles. The van der Waals surface area contributed by atoms with Gasteiger partial charge in [0.05, 0.1) is 22.4 Å². The minimum atomic E-state index is -2.84. The second-order valence-electron chi connectivity index (χ2n) is 6.60. The van der Waals surface area contributed by atoms with Crippen LogP contribution < -0.4 is 10.6 Å². The molecule has 2 aliphatic rings. The number of rotatable bonds is 4. The maximum Gasteiger partial charge on any atom is 0.251 e. The first kappa shape index (κ1) is 18.3. The maximum atomic E-state index is 12.3. The Hall–Kier alpha value is -1.54. The van der Waals surface area contributed by atoms with E-state index in [-0.39, 0.29) is 28.6 Å². The molecule has 8 heteroatoms. The minimum absolute atomic E-state index is 0.0534. The van der Waals surface area contributed by atoms with E-state index in [9.17, 15) is 18.0 Å². The molecular formula is C17H22N2O4S2. The van der Waals surface area contributed by atoms with Crippen molar-refractivity contribution in [2.24, 2.45) is 5.92 Å². The molecule has 1 aromatic rings. The molecule has 2 heterocycles. The van der Waals surface area contributed by atoms with Crippen molar-refractivity contribution in [2.45, 2.75) is 36.3 Å². The summed E-state index contributed by atoms with van der Waals surface area (Å²) in [5.74, 6) is 0.634. The van der Waals surface area contributed by atoms with Crippen LogP contribution in [0.4, 0.5) is 5.69 Å². The van der Waals surface area contributed by atoms with Crippen molar-refractivity contribution in [3.05, 3.63) is 23.8 Å². The van der Waals surface area contributed by atoms with E-state index in [4.69, 9.17) is 0 Å². The smallest absolute Gasteiger partial charge is 0.251 e. The number of hydrogen-bond donors (Lipinski definition) is 2. The van der Waals surface area contributed by atoms with E-state index in [0.717, 1.165) is 11.3 Å². The number of amides is 2. The third-order valence-corrected chi connectivity index (χ3v) is 7.58. The fraction of sp³-hybridized carbons (Fsp3) is 0.529. The molecule has 25 heavy (non-hydrogen) atoms. The molecule has 2 aliphatic heterocycles. The summed E-state index contributed by atoms with van der Waals surface area (Å²) < 4.78 is 22.8. The predicted octanol–water partition coefficient (Wildman–Crippen LogP) is 2.06. The summed E-state index contributed by atoms with van der Waals surface area (Å²) in [5, 5.41) is 5.58. The number of carbonyl (C=O) groups is 2. The zero-order valence-electron chi connectivity index (χ0n) is 14.1. The van der Waals surface area contributed by atoms with Crippen molar-refractivity contribution in [1.82, 2.24) is 5.32 Å². The lowest BCUT2D eigenvalue weighted by atomic mass is 9.99. The Labute approximate surface area is 152 Å². The van der Waals surface area contributed by atoms with Crippen molar-refractivity contribution >= 4 is 39.1 Å². The van der Waals surface area contributed by atoms with E-state index in [1.54, 1.807) is 12.1 Å². The molecule has 0 radical (unpaired) electrons. The predicted molar refractivity (Wildman–Crippen MR) is 98.7 cm³/mol. The molecule has 1 atom stereocenters. The van der Waals surface area contributed by atoms with Gasteiger partial charge in [-0.15, -0.1) is 11.8 Å². The topological polar surface area (TPSA) is 92.3 Å². The van der Waals surface area contributed by atoms with Crippen LogP contribution >= 0.6 is 11.8 Å². The molecule has 1 aromatic carbocycles. The molecule has 3 rings (SSSR count). The van der Waals surface area contributed by atoms with Crippen molar-refractivity contribution in [3.63, 3.8) is 0 Å². The largest absolute Gasteiger partial charge is 0.352 e. The van der Waals surface area contributed by atoms with Gasteiger partial charge < -0.3 is 10.6 Å². The second-order valence-corrected chi connectivity index (χ2v) is 10.3. The van der Waals surface area contributed by atoms with Crippen molar-refractivity contribution in [1.29, 1.82) is 0 Å². The van der Waals surface area contributed by atoms with E-state index in [0.29, 0.717) is 36.6 Å². The number of sulfone groups is 1. The molecule has 136 valence electrons. The lowest BCUT2D eigenvalue weighted by Gasteiger charge is -2.22. The minimum Gasteiger partial charge on any atom is -0.352 e. The monoisotopic (exact) mass is 382 g/mol. The SMILES string of the molecule is C[C@@H]1Sc2ccc(C(=O)NCCC3CCS(=O)(=O)CC3)cc2NC1=O. The Kier molecular flexibility index (Phi) is 5.38. The van der Waals surface area contributed by atoms with E-state index in [1.807, 2.05) is 13.0 Å². The highest BCUT2D eigenvalue weighted by Gasteiger charge is 2.25. The van der Waals surface area contributed by atoms with Crippen molar-refractivity contribution < 1.29 is 18.0 Å². The van der Waals surface area contributed by atoms with Crippen LogP contribution in [-0.4, -0.2) is 43.5 Å². The van der Waals surface area contributed by atoms with Crippen LogP contribution in [-0.2, 0) is 14.6 Å². The average molecular weight is 383 g/mol. The van der Waals surface area contributed by atoms with Gasteiger partial charge in [-0.05, 0) is 50.3 Å². The molecule has 0 unspecified atom stereocenters. The van der Waals surface area contributed by atoms with Crippen molar-refractivity contribution in [2.75, 3.05) is 23.4 Å². The molecule has 1 saturated heterocycles. The Morgan fingerprint density at radius 2 is 2.04 bits per heavy atom. The summed E-state index contributed by atoms with van der Waals surface area (Å²) in [7, 11) is -2.84. The Bertz CT molecular complexity index is 778. The highest BCUT2D eigenvalue weighted by Crippen LogP contribution is 2.35. The molecule has 2 N–H and O–H groups in total. The van der Waals surface area contributed by atoms with Gasteiger partial charge >= 0.3 is 0 Å². The van der Waals surface area contributed by atoms with Crippen LogP contribution in [0.1, 0.15) is 36.5 Å². The number of carbonyl (C=O) groups excluding carboxylic acids is 2. The number of fused-ring (bicyclic) bond motifs is 1. The van der Waals surface area contributed by atoms with Gasteiger partial charge in [0, 0.05) is 17.0 Å². The number of anilines is 1. The van der Waals surface area contributed by atoms with Gasteiger partial charge in [0.1, 0.15) is 9.84 Å². The lowest BCUT2D eigenvalue weighted by molar-refractivity contribution is -0.115. The van der Waals surface area contributed by atoms with Crippen LogP contribution in [0, 0.1) is 5.92 Å². The summed E-state index contributed by atoms with van der Waals surface area (Å²) in [6.45, 7) is 2.37. The first-order valence-corrected chi connectivity index (χ1v) is 11.1. The van der Waals surface area contributed by atoms with Crippen LogP contribution in [0.15, 0.2) is 23.1 Å². The average Bonchev–Trinajstić information content (AvgIpc) is 2.57. The fourth-order valence-electron chi connectivity index (χ4n) is 3.07. The summed E-state index contributed by atoms with van der Waals surface area (Å²) >= 11 is 1.48. The quantitative estimate of drug-likeness (QED) is 0.832. The second kappa shape index (κ2) is 7.37. The van der Waals surface area contributed by atoms with Gasteiger partial charge in [0.2, 0.25) is 5.91 Å². The molecule has 6 nitrogen and oxygen atoms in total. The highest BCUT2D eigenvalue weighted by atomic mass is 32.2. The molecule has 0 saturated carbocycles. The Balaban J connectivity index is 1.52. The van der Waals surface area contributed by atoms with Gasteiger partial charge in [-0.1, -0.05) is 0 Å². The molecule has 0 bridgehead atoms. The lowest BCUT2D eigenvalue weighted by Crippen LogP contribution is -2.30. The number of benzene rings is 1. The van der Waals surface area contributed by atoms with Gasteiger partial charge in [-0.2, -0.15) is 0 Å².